The maximum Gasteiger partial charge on any atom is 0.224 e. The monoisotopic (exact) mass is 437 g/mol. The largest absolute Gasteiger partial charge is 0.394 e. The number of hydrogen-bond acceptors (Lipinski definition) is 4. The first-order chi connectivity index (χ1) is 13.7. The predicted octanol–water partition coefficient (Wildman–Crippen LogP) is 5.11. The van der Waals surface area contributed by atoms with Crippen molar-refractivity contribution in [2.75, 3.05) is 24.4 Å². The summed E-state index contributed by atoms with van der Waals surface area (Å²) in [6.45, 7) is 0.398. The van der Waals surface area contributed by atoms with E-state index in [2.05, 4.69) is 12.1 Å². The molecule has 0 spiro atoms. The fraction of sp³-hybridized carbons (Fsp3) is 0.409. The topological polar surface area (TPSA) is 40.5 Å². The van der Waals surface area contributed by atoms with Gasteiger partial charge in [-0.05, 0) is 35.6 Å². The highest BCUT2D eigenvalue weighted by Gasteiger charge is 2.23. The number of aliphatic hydroxyl groups is 1. The molecule has 0 heterocycles. The first kappa shape index (κ1) is 23.1. The van der Waals surface area contributed by atoms with Crippen molar-refractivity contribution in [2.24, 2.45) is 0 Å². The lowest BCUT2D eigenvalue weighted by molar-refractivity contribution is -0.134. The molecule has 0 aliphatic heterocycles. The van der Waals surface area contributed by atoms with E-state index >= 15 is 0 Å². The molecular formula is C22H28ClNO2S2. The summed E-state index contributed by atoms with van der Waals surface area (Å²) < 4.78 is 0. The minimum atomic E-state index is -0.185. The van der Waals surface area contributed by atoms with E-state index in [1.54, 1.807) is 28.4 Å². The zero-order valence-corrected chi connectivity index (χ0v) is 18.6. The molecular weight excluding hydrogens is 410 g/mol. The molecule has 1 atom stereocenters. The van der Waals surface area contributed by atoms with Crippen molar-refractivity contribution in [3.63, 3.8) is 0 Å². The molecule has 0 unspecified atom stereocenters. The number of aliphatic hydroxyl groups excluding tert-OH is 1. The van der Waals surface area contributed by atoms with Gasteiger partial charge >= 0.3 is 0 Å². The third-order valence-corrected chi connectivity index (χ3v) is 6.54. The summed E-state index contributed by atoms with van der Waals surface area (Å²) in [5, 5.41) is 10.6. The van der Waals surface area contributed by atoms with Crippen LogP contribution in [0.25, 0.3) is 0 Å². The number of nitrogens with zero attached hydrogens (tertiary/aromatic N) is 1. The Morgan fingerprint density at radius 1 is 1.11 bits per heavy atom. The van der Waals surface area contributed by atoms with E-state index in [4.69, 9.17) is 11.6 Å². The van der Waals surface area contributed by atoms with Crippen molar-refractivity contribution in [3.8, 4) is 0 Å². The zero-order chi connectivity index (χ0) is 20.2. The molecule has 2 aromatic carbocycles. The summed E-state index contributed by atoms with van der Waals surface area (Å²) in [7, 11) is 0. The molecule has 0 fully saturated rings. The van der Waals surface area contributed by atoms with Crippen LogP contribution in [0, 0.1) is 0 Å². The smallest absolute Gasteiger partial charge is 0.224 e. The minimum Gasteiger partial charge on any atom is -0.394 e. The van der Waals surface area contributed by atoms with Gasteiger partial charge in [0, 0.05) is 29.5 Å². The zero-order valence-electron chi connectivity index (χ0n) is 16.2. The highest BCUT2D eigenvalue weighted by atomic mass is 35.5. The summed E-state index contributed by atoms with van der Waals surface area (Å²) in [5.41, 5.74) is 2.18. The molecule has 0 aromatic heterocycles. The second-order valence-corrected chi connectivity index (χ2v) is 9.02. The van der Waals surface area contributed by atoms with Crippen molar-refractivity contribution in [1.82, 2.24) is 4.90 Å². The second-order valence-electron chi connectivity index (χ2n) is 6.52. The van der Waals surface area contributed by atoms with Crippen molar-refractivity contribution >= 4 is 41.0 Å². The van der Waals surface area contributed by atoms with Crippen LogP contribution >= 0.6 is 35.1 Å². The van der Waals surface area contributed by atoms with Crippen LogP contribution in [0.15, 0.2) is 54.6 Å². The Morgan fingerprint density at radius 3 is 2.50 bits per heavy atom. The van der Waals surface area contributed by atoms with Crippen LogP contribution < -0.4 is 0 Å². The van der Waals surface area contributed by atoms with Gasteiger partial charge in [0.15, 0.2) is 0 Å². The lowest BCUT2D eigenvalue weighted by Gasteiger charge is -2.31. The van der Waals surface area contributed by atoms with Gasteiger partial charge in [0.25, 0.3) is 0 Å². The van der Waals surface area contributed by atoms with Gasteiger partial charge in [-0.15, -0.1) is 0 Å². The number of amides is 1. The average Bonchev–Trinajstić information content (AvgIpc) is 2.72. The molecule has 0 radical (unpaired) electrons. The number of benzene rings is 2. The van der Waals surface area contributed by atoms with Gasteiger partial charge in [0.1, 0.15) is 0 Å². The van der Waals surface area contributed by atoms with Crippen molar-refractivity contribution < 1.29 is 9.90 Å². The number of halogens is 1. The Balaban J connectivity index is 1.98. The molecule has 3 nitrogen and oxygen atoms in total. The summed E-state index contributed by atoms with van der Waals surface area (Å²) in [4.78, 5) is 14.8. The second kappa shape index (κ2) is 13.2. The lowest BCUT2D eigenvalue weighted by Crippen LogP contribution is -2.42. The van der Waals surface area contributed by atoms with Gasteiger partial charge in [-0.3, -0.25) is 4.79 Å². The van der Waals surface area contributed by atoms with Crippen LogP contribution in [0.1, 0.15) is 24.0 Å². The number of hydrogen-bond donors (Lipinski definition) is 1. The van der Waals surface area contributed by atoms with E-state index in [-0.39, 0.29) is 18.6 Å². The number of thioether (sulfide) groups is 2. The van der Waals surface area contributed by atoms with E-state index in [1.165, 1.54) is 5.56 Å². The van der Waals surface area contributed by atoms with E-state index in [9.17, 15) is 9.90 Å². The molecule has 0 aliphatic carbocycles. The third kappa shape index (κ3) is 7.70. The summed E-state index contributed by atoms with van der Waals surface area (Å²) >= 11 is 9.79. The summed E-state index contributed by atoms with van der Waals surface area (Å²) in [6.07, 6.45) is 3.26. The van der Waals surface area contributed by atoms with Gasteiger partial charge in [-0.25, -0.2) is 0 Å². The maximum atomic E-state index is 13.0. The Bertz CT molecular complexity index is 715. The fourth-order valence-electron chi connectivity index (χ4n) is 2.90. The highest BCUT2D eigenvalue weighted by molar-refractivity contribution is 7.98. The van der Waals surface area contributed by atoms with Crippen LogP contribution in [0.3, 0.4) is 0 Å². The lowest BCUT2D eigenvalue weighted by atomic mass is 10.1. The van der Waals surface area contributed by atoms with E-state index in [0.29, 0.717) is 18.0 Å². The van der Waals surface area contributed by atoms with Gasteiger partial charge in [0.2, 0.25) is 5.91 Å². The van der Waals surface area contributed by atoms with Crippen molar-refractivity contribution in [3.05, 3.63) is 70.7 Å². The van der Waals surface area contributed by atoms with E-state index < -0.39 is 0 Å². The molecule has 0 bridgehead atoms. The molecule has 152 valence electrons. The SMILES string of the molecule is CSCC[C@@H](CO)N(Cc1ccccc1Cl)C(=O)CCSCc1ccccc1. The van der Waals surface area contributed by atoms with Gasteiger partial charge in [0.05, 0.1) is 12.6 Å². The minimum absolute atomic E-state index is 0.0338. The molecule has 28 heavy (non-hydrogen) atoms. The normalized spacial score (nSPS) is 12.0. The highest BCUT2D eigenvalue weighted by Crippen LogP contribution is 2.21. The van der Waals surface area contributed by atoms with Crippen LogP contribution in [-0.2, 0) is 17.1 Å². The molecule has 2 aromatic rings. The molecule has 6 heteroatoms. The first-order valence-electron chi connectivity index (χ1n) is 9.40. The van der Waals surface area contributed by atoms with Crippen LogP contribution in [0.2, 0.25) is 5.02 Å². The number of carbonyl (C=O) groups is 1. The third-order valence-electron chi connectivity index (χ3n) is 4.50. The van der Waals surface area contributed by atoms with Crippen LogP contribution in [0.5, 0.6) is 0 Å². The van der Waals surface area contributed by atoms with Crippen LogP contribution in [0.4, 0.5) is 0 Å². The van der Waals surface area contributed by atoms with Gasteiger partial charge in [-0.2, -0.15) is 23.5 Å². The predicted molar refractivity (Wildman–Crippen MR) is 123 cm³/mol. The summed E-state index contributed by atoms with van der Waals surface area (Å²) in [6, 6.07) is 17.7. The molecule has 0 saturated carbocycles. The van der Waals surface area contributed by atoms with Crippen molar-refractivity contribution in [1.29, 1.82) is 0 Å². The molecule has 2 rings (SSSR count). The number of carbonyl (C=O) groups excluding carboxylic acids is 1. The quantitative estimate of drug-likeness (QED) is 0.468. The Hall–Kier alpha value is -1.14. The maximum absolute atomic E-state index is 13.0. The van der Waals surface area contributed by atoms with Gasteiger partial charge < -0.3 is 10.0 Å². The Morgan fingerprint density at radius 2 is 1.82 bits per heavy atom. The van der Waals surface area contributed by atoms with E-state index in [0.717, 1.165) is 29.2 Å². The number of rotatable bonds is 12. The molecule has 0 aliphatic rings. The van der Waals surface area contributed by atoms with Crippen molar-refractivity contribution in [2.45, 2.75) is 31.2 Å². The molecule has 1 amide bonds. The molecule has 0 saturated heterocycles. The van der Waals surface area contributed by atoms with E-state index in [1.807, 2.05) is 48.7 Å². The average molecular weight is 438 g/mol. The summed E-state index contributed by atoms with van der Waals surface area (Å²) in [5.74, 6) is 2.63. The fourth-order valence-corrected chi connectivity index (χ4v) is 4.49. The Kier molecular flexibility index (Phi) is 10.9. The molecule has 1 N–H and O–H groups in total. The van der Waals surface area contributed by atoms with Gasteiger partial charge in [-0.1, -0.05) is 60.1 Å². The van der Waals surface area contributed by atoms with Crippen LogP contribution in [-0.4, -0.2) is 46.3 Å². The first-order valence-corrected chi connectivity index (χ1v) is 12.3. The Labute approximate surface area is 181 Å². The standard InChI is InChI=1S/C22H28ClNO2S2/c1-27-13-11-20(16-25)24(15-19-9-5-6-10-21(19)23)22(26)12-14-28-17-18-7-3-2-4-8-18/h2-10,20,25H,11-17H2,1H3/t20-/m0/s1.